The number of aromatic nitrogens is 1. The maximum absolute atomic E-state index is 11.5. The summed E-state index contributed by atoms with van der Waals surface area (Å²) < 4.78 is 21.6. The second-order valence-corrected chi connectivity index (χ2v) is 7.03. The van der Waals surface area contributed by atoms with Crippen LogP contribution in [0.2, 0.25) is 0 Å². The standard InChI is InChI=1S/C26H25NO6/c1-4-30-25(29)15-14-24(33-19(3)28)20-10-12-22(13-11-20)31-17-16-23-18(2)32-26(27-23)21-8-6-5-7-9-21/h5-13,24H,4,16-17H2,1-3H3. The lowest BCUT2D eigenvalue weighted by molar-refractivity contribution is -0.144. The molecule has 7 heteroatoms. The van der Waals surface area contributed by atoms with E-state index in [0.717, 1.165) is 17.0 Å². The second kappa shape index (κ2) is 11.5. The second-order valence-electron chi connectivity index (χ2n) is 7.03. The molecule has 0 radical (unpaired) electrons. The van der Waals surface area contributed by atoms with Gasteiger partial charge in [-0.2, -0.15) is 0 Å². The number of rotatable bonds is 8. The van der Waals surface area contributed by atoms with Crippen molar-refractivity contribution in [3.63, 3.8) is 0 Å². The van der Waals surface area contributed by atoms with Gasteiger partial charge in [-0.05, 0) is 44.0 Å². The Bertz CT molecular complexity index is 1140. The van der Waals surface area contributed by atoms with Gasteiger partial charge in [0, 0.05) is 30.4 Å². The van der Waals surface area contributed by atoms with Gasteiger partial charge in [0.25, 0.3) is 0 Å². The summed E-state index contributed by atoms with van der Waals surface area (Å²) >= 11 is 0. The van der Waals surface area contributed by atoms with Gasteiger partial charge in [0.15, 0.2) is 6.10 Å². The molecule has 0 saturated heterocycles. The van der Waals surface area contributed by atoms with Gasteiger partial charge in [0.2, 0.25) is 5.89 Å². The Morgan fingerprint density at radius 3 is 2.48 bits per heavy atom. The Labute approximate surface area is 192 Å². The predicted molar refractivity (Wildman–Crippen MR) is 121 cm³/mol. The largest absolute Gasteiger partial charge is 0.493 e. The van der Waals surface area contributed by atoms with Crippen LogP contribution in [-0.4, -0.2) is 30.1 Å². The fraction of sp³-hybridized carbons (Fsp3) is 0.269. The molecule has 0 aliphatic carbocycles. The lowest BCUT2D eigenvalue weighted by Crippen LogP contribution is -2.08. The van der Waals surface area contributed by atoms with E-state index in [2.05, 4.69) is 16.8 Å². The van der Waals surface area contributed by atoms with Gasteiger partial charge >= 0.3 is 11.9 Å². The molecule has 7 nitrogen and oxygen atoms in total. The summed E-state index contributed by atoms with van der Waals surface area (Å²) in [6.45, 7) is 5.49. The molecular formula is C26H25NO6. The molecule has 0 aliphatic heterocycles. The van der Waals surface area contributed by atoms with Crippen LogP contribution in [-0.2, 0) is 25.5 Å². The van der Waals surface area contributed by atoms with Crippen LogP contribution in [0.1, 0.15) is 37.0 Å². The van der Waals surface area contributed by atoms with Crippen LogP contribution in [0, 0.1) is 18.8 Å². The van der Waals surface area contributed by atoms with Crippen molar-refractivity contribution >= 4 is 11.9 Å². The van der Waals surface area contributed by atoms with Gasteiger partial charge < -0.3 is 18.6 Å². The highest BCUT2D eigenvalue weighted by Gasteiger charge is 2.14. The summed E-state index contributed by atoms with van der Waals surface area (Å²) in [6.07, 6.45) is -0.291. The summed E-state index contributed by atoms with van der Waals surface area (Å²) in [5.41, 5.74) is 2.39. The molecule has 0 amide bonds. The molecule has 170 valence electrons. The Balaban J connectivity index is 1.60. The van der Waals surface area contributed by atoms with Gasteiger partial charge in [-0.3, -0.25) is 4.79 Å². The summed E-state index contributed by atoms with van der Waals surface area (Å²) in [5, 5.41) is 0. The highest BCUT2D eigenvalue weighted by molar-refractivity contribution is 5.88. The van der Waals surface area contributed by atoms with Crippen LogP contribution in [0.3, 0.4) is 0 Å². The third-order valence-electron chi connectivity index (χ3n) is 4.57. The number of benzene rings is 2. The summed E-state index contributed by atoms with van der Waals surface area (Å²) in [5.74, 6) is 5.79. The van der Waals surface area contributed by atoms with Crippen molar-refractivity contribution in [3.05, 3.63) is 71.6 Å². The number of aryl methyl sites for hydroxylation is 1. The van der Waals surface area contributed by atoms with Crippen molar-refractivity contribution in [2.75, 3.05) is 13.2 Å². The Kier molecular flexibility index (Phi) is 8.25. The quantitative estimate of drug-likeness (QED) is 0.286. The number of carbonyl (C=O) groups excluding carboxylic acids is 2. The minimum atomic E-state index is -0.879. The number of ether oxygens (including phenoxy) is 3. The van der Waals surface area contributed by atoms with E-state index < -0.39 is 18.0 Å². The van der Waals surface area contributed by atoms with Crippen molar-refractivity contribution in [2.24, 2.45) is 0 Å². The maximum atomic E-state index is 11.5. The monoisotopic (exact) mass is 447 g/mol. The van der Waals surface area contributed by atoms with Crippen LogP contribution in [0.15, 0.2) is 59.0 Å². The SMILES string of the molecule is CCOC(=O)C#CC(OC(C)=O)c1ccc(OCCc2nc(-c3ccccc3)oc2C)cc1. The topological polar surface area (TPSA) is 87.9 Å². The number of hydrogen-bond acceptors (Lipinski definition) is 7. The fourth-order valence-corrected chi connectivity index (χ4v) is 3.01. The van der Waals surface area contributed by atoms with Crippen LogP contribution >= 0.6 is 0 Å². The smallest absolute Gasteiger partial charge is 0.384 e. The van der Waals surface area contributed by atoms with Crippen LogP contribution < -0.4 is 4.74 Å². The first kappa shape index (κ1) is 23.6. The van der Waals surface area contributed by atoms with E-state index in [9.17, 15) is 9.59 Å². The van der Waals surface area contributed by atoms with E-state index in [0.29, 0.717) is 30.2 Å². The average Bonchev–Trinajstić information content (AvgIpc) is 3.18. The minimum Gasteiger partial charge on any atom is -0.493 e. The molecule has 0 spiro atoms. The molecule has 0 N–H and O–H groups in total. The third kappa shape index (κ3) is 6.97. The van der Waals surface area contributed by atoms with E-state index >= 15 is 0 Å². The van der Waals surface area contributed by atoms with Gasteiger partial charge in [0.05, 0.1) is 18.9 Å². The molecule has 1 atom stereocenters. The molecule has 1 aromatic heterocycles. The summed E-state index contributed by atoms with van der Waals surface area (Å²) in [7, 11) is 0. The first-order valence-corrected chi connectivity index (χ1v) is 10.6. The van der Waals surface area contributed by atoms with Gasteiger partial charge in [-0.25, -0.2) is 9.78 Å². The average molecular weight is 447 g/mol. The highest BCUT2D eigenvalue weighted by atomic mass is 16.5. The molecule has 0 aliphatic rings. The number of carbonyl (C=O) groups is 2. The van der Waals surface area contributed by atoms with E-state index in [1.165, 1.54) is 6.92 Å². The van der Waals surface area contributed by atoms with Gasteiger partial charge in [-0.1, -0.05) is 30.3 Å². The van der Waals surface area contributed by atoms with Crippen molar-refractivity contribution < 1.29 is 28.2 Å². The van der Waals surface area contributed by atoms with E-state index in [1.54, 1.807) is 31.2 Å². The molecule has 1 heterocycles. The Morgan fingerprint density at radius 2 is 1.82 bits per heavy atom. The number of nitrogens with zero attached hydrogens (tertiary/aromatic N) is 1. The van der Waals surface area contributed by atoms with Gasteiger partial charge in [-0.15, -0.1) is 0 Å². The highest BCUT2D eigenvalue weighted by Crippen LogP contribution is 2.23. The summed E-state index contributed by atoms with van der Waals surface area (Å²) in [6, 6.07) is 16.7. The minimum absolute atomic E-state index is 0.221. The van der Waals surface area contributed by atoms with E-state index in [1.807, 2.05) is 37.3 Å². The van der Waals surface area contributed by atoms with E-state index in [4.69, 9.17) is 18.6 Å². The van der Waals surface area contributed by atoms with Crippen molar-refractivity contribution in [3.8, 4) is 29.0 Å². The molecule has 3 aromatic rings. The van der Waals surface area contributed by atoms with Gasteiger partial charge in [0.1, 0.15) is 11.5 Å². The number of oxazole rings is 1. The zero-order valence-electron chi connectivity index (χ0n) is 18.8. The zero-order valence-corrected chi connectivity index (χ0v) is 18.8. The molecule has 0 bridgehead atoms. The van der Waals surface area contributed by atoms with Crippen molar-refractivity contribution in [1.29, 1.82) is 0 Å². The van der Waals surface area contributed by atoms with Crippen molar-refractivity contribution in [1.82, 2.24) is 4.98 Å². The molecule has 0 saturated carbocycles. The Hall–Kier alpha value is -4.05. The third-order valence-corrected chi connectivity index (χ3v) is 4.57. The van der Waals surface area contributed by atoms with Crippen molar-refractivity contribution in [2.45, 2.75) is 33.3 Å². The molecule has 1 unspecified atom stereocenters. The maximum Gasteiger partial charge on any atom is 0.384 e. The number of esters is 2. The summed E-state index contributed by atoms with van der Waals surface area (Å²) in [4.78, 5) is 27.5. The number of hydrogen-bond donors (Lipinski definition) is 0. The molecule has 33 heavy (non-hydrogen) atoms. The molecular weight excluding hydrogens is 422 g/mol. The zero-order chi connectivity index (χ0) is 23.6. The molecule has 3 rings (SSSR count). The lowest BCUT2D eigenvalue weighted by Gasteiger charge is -2.12. The molecule has 0 fully saturated rings. The molecule has 2 aromatic carbocycles. The normalized spacial score (nSPS) is 11.1. The van der Waals surface area contributed by atoms with E-state index in [-0.39, 0.29) is 6.61 Å². The fourth-order valence-electron chi connectivity index (χ4n) is 3.01. The van der Waals surface area contributed by atoms with Crippen LogP contribution in [0.4, 0.5) is 0 Å². The van der Waals surface area contributed by atoms with Crippen LogP contribution in [0.25, 0.3) is 11.5 Å². The Morgan fingerprint density at radius 1 is 1.09 bits per heavy atom. The first-order valence-electron chi connectivity index (χ1n) is 10.6. The first-order chi connectivity index (χ1) is 16.0. The predicted octanol–water partition coefficient (Wildman–Crippen LogP) is 4.44. The lowest BCUT2D eigenvalue weighted by atomic mass is 10.1. The van der Waals surface area contributed by atoms with Crippen LogP contribution in [0.5, 0.6) is 5.75 Å².